The molecule has 0 unspecified atom stereocenters. The van der Waals surface area contributed by atoms with Gasteiger partial charge < -0.3 is 10.2 Å². The maximum absolute atomic E-state index is 11.7. The topological polar surface area (TPSA) is 45.2 Å². The van der Waals surface area contributed by atoms with Crippen LogP contribution in [0.1, 0.15) is 26.0 Å². The van der Waals surface area contributed by atoms with Crippen molar-refractivity contribution < 1.29 is 4.79 Å². The van der Waals surface area contributed by atoms with E-state index in [1.54, 1.807) is 21.7 Å². The molecule has 0 aliphatic carbocycles. The molecule has 1 aromatic heterocycles. The number of nitrogens with one attached hydrogen (secondary N) is 1. The Labute approximate surface area is 101 Å². The fourth-order valence-electron chi connectivity index (χ4n) is 1.31. The number of amides is 1. The van der Waals surface area contributed by atoms with Crippen molar-refractivity contribution in [2.24, 2.45) is 0 Å². The summed E-state index contributed by atoms with van der Waals surface area (Å²) in [4.78, 5) is 17.6. The molecule has 1 amide bonds. The second-order valence-corrected chi connectivity index (χ2v) is 4.81. The Bertz CT molecular complexity index is 311. The predicted molar refractivity (Wildman–Crippen MR) is 66.3 cm³/mol. The summed E-state index contributed by atoms with van der Waals surface area (Å²) < 4.78 is 0. The maximum atomic E-state index is 11.7. The number of rotatable bonds is 6. The van der Waals surface area contributed by atoms with E-state index in [0.29, 0.717) is 19.0 Å². The first-order valence-electron chi connectivity index (χ1n) is 5.44. The minimum Gasteiger partial charge on any atom is -0.340 e. The Morgan fingerprint density at radius 2 is 2.38 bits per heavy atom. The van der Waals surface area contributed by atoms with Crippen LogP contribution < -0.4 is 5.32 Å². The quantitative estimate of drug-likeness (QED) is 0.820. The van der Waals surface area contributed by atoms with Crippen molar-refractivity contribution in [3.8, 4) is 0 Å². The monoisotopic (exact) mass is 241 g/mol. The summed E-state index contributed by atoms with van der Waals surface area (Å²) in [5.74, 6) is 0.154. The normalized spacial score (nSPS) is 10.8. The summed E-state index contributed by atoms with van der Waals surface area (Å²) in [6.45, 7) is 5.48. The van der Waals surface area contributed by atoms with Crippen molar-refractivity contribution in [2.75, 3.05) is 13.6 Å². The summed E-state index contributed by atoms with van der Waals surface area (Å²) in [5.41, 5.74) is 2.74. The van der Waals surface area contributed by atoms with Crippen molar-refractivity contribution in [3.05, 3.63) is 16.6 Å². The highest BCUT2D eigenvalue weighted by atomic mass is 32.1. The van der Waals surface area contributed by atoms with E-state index in [1.807, 2.05) is 12.4 Å². The molecule has 1 rings (SSSR count). The fourth-order valence-corrected chi connectivity index (χ4v) is 1.86. The Morgan fingerprint density at radius 3 is 2.94 bits per heavy atom. The van der Waals surface area contributed by atoms with Crippen molar-refractivity contribution in [2.45, 2.75) is 32.9 Å². The third kappa shape index (κ3) is 4.72. The SMILES string of the molecule is CC(C)NCCC(=O)N(C)Cc1cscn1. The van der Waals surface area contributed by atoms with E-state index in [1.165, 1.54) is 0 Å². The zero-order valence-electron chi connectivity index (χ0n) is 10.1. The second-order valence-electron chi connectivity index (χ2n) is 4.09. The molecule has 0 bridgehead atoms. The number of carbonyl (C=O) groups is 1. The van der Waals surface area contributed by atoms with E-state index >= 15 is 0 Å². The van der Waals surface area contributed by atoms with Crippen molar-refractivity contribution in [1.29, 1.82) is 0 Å². The molecular weight excluding hydrogens is 222 g/mol. The lowest BCUT2D eigenvalue weighted by Crippen LogP contribution is -2.31. The largest absolute Gasteiger partial charge is 0.340 e. The Hall–Kier alpha value is -0.940. The van der Waals surface area contributed by atoms with Crippen LogP contribution in [0.2, 0.25) is 0 Å². The van der Waals surface area contributed by atoms with E-state index in [9.17, 15) is 4.79 Å². The summed E-state index contributed by atoms with van der Waals surface area (Å²) in [6, 6.07) is 0.427. The second kappa shape index (κ2) is 6.60. The van der Waals surface area contributed by atoms with Crippen LogP contribution in [0.4, 0.5) is 0 Å². The van der Waals surface area contributed by atoms with Crippen molar-refractivity contribution >= 4 is 17.2 Å². The smallest absolute Gasteiger partial charge is 0.223 e. The van der Waals surface area contributed by atoms with Gasteiger partial charge >= 0.3 is 0 Å². The number of hydrogen-bond acceptors (Lipinski definition) is 4. The summed E-state index contributed by atoms with van der Waals surface area (Å²) in [6.07, 6.45) is 0.540. The van der Waals surface area contributed by atoms with Crippen LogP contribution in [-0.2, 0) is 11.3 Å². The minimum absolute atomic E-state index is 0.154. The van der Waals surface area contributed by atoms with E-state index in [4.69, 9.17) is 0 Å². The Morgan fingerprint density at radius 1 is 1.62 bits per heavy atom. The number of nitrogens with zero attached hydrogens (tertiary/aromatic N) is 2. The van der Waals surface area contributed by atoms with Gasteiger partial charge in [0.25, 0.3) is 0 Å². The van der Waals surface area contributed by atoms with Gasteiger partial charge in [0.05, 0.1) is 17.7 Å². The van der Waals surface area contributed by atoms with Gasteiger partial charge in [-0.2, -0.15) is 0 Å². The molecule has 0 radical (unpaired) electrons. The standard InChI is InChI=1S/C11H19N3OS/c1-9(2)12-5-4-11(15)14(3)6-10-7-16-8-13-10/h7-9,12H,4-6H2,1-3H3. The molecule has 4 nitrogen and oxygen atoms in total. The average Bonchev–Trinajstić information content (AvgIpc) is 2.69. The summed E-state index contributed by atoms with van der Waals surface area (Å²) in [5, 5.41) is 5.20. The van der Waals surface area contributed by atoms with Gasteiger partial charge in [-0.3, -0.25) is 4.79 Å². The number of carbonyl (C=O) groups excluding carboxylic acids is 1. The molecule has 0 aliphatic rings. The molecule has 0 aliphatic heterocycles. The molecule has 0 aromatic carbocycles. The van der Waals surface area contributed by atoms with Crippen LogP contribution in [0.3, 0.4) is 0 Å². The van der Waals surface area contributed by atoms with Crippen molar-refractivity contribution in [3.63, 3.8) is 0 Å². The van der Waals surface area contributed by atoms with Crippen LogP contribution in [0, 0.1) is 0 Å². The lowest BCUT2D eigenvalue weighted by atomic mass is 10.3. The van der Waals surface area contributed by atoms with Crippen LogP contribution in [0.5, 0.6) is 0 Å². The van der Waals surface area contributed by atoms with E-state index in [0.717, 1.165) is 12.2 Å². The molecule has 1 N–H and O–H groups in total. The van der Waals surface area contributed by atoms with Gasteiger partial charge in [-0.15, -0.1) is 11.3 Å². The Balaban J connectivity index is 2.25. The number of aromatic nitrogens is 1. The molecule has 0 saturated carbocycles. The van der Waals surface area contributed by atoms with Gasteiger partial charge in [0.2, 0.25) is 5.91 Å². The number of hydrogen-bond donors (Lipinski definition) is 1. The van der Waals surface area contributed by atoms with Crippen LogP contribution in [0.15, 0.2) is 10.9 Å². The highest BCUT2D eigenvalue weighted by Crippen LogP contribution is 2.04. The number of thiazole rings is 1. The molecule has 0 atom stereocenters. The zero-order chi connectivity index (χ0) is 12.0. The maximum Gasteiger partial charge on any atom is 0.223 e. The van der Waals surface area contributed by atoms with Gasteiger partial charge in [0.15, 0.2) is 0 Å². The molecule has 0 spiro atoms. The molecule has 1 heterocycles. The molecule has 5 heteroatoms. The first-order valence-corrected chi connectivity index (χ1v) is 6.38. The van der Waals surface area contributed by atoms with E-state index in [-0.39, 0.29) is 5.91 Å². The zero-order valence-corrected chi connectivity index (χ0v) is 10.9. The van der Waals surface area contributed by atoms with Gasteiger partial charge in [-0.25, -0.2) is 4.98 Å². The van der Waals surface area contributed by atoms with E-state index < -0.39 is 0 Å². The average molecular weight is 241 g/mol. The Kier molecular flexibility index (Phi) is 5.42. The summed E-state index contributed by atoms with van der Waals surface area (Å²) >= 11 is 1.55. The van der Waals surface area contributed by atoms with Crippen LogP contribution in [0.25, 0.3) is 0 Å². The van der Waals surface area contributed by atoms with E-state index in [2.05, 4.69) is 24.1 Å². The van der Waals surface area contributed by atoms with Crippen LogP contribution >= 0.6 is 11.3 Å². The lowest BCUT2D eigenvalue weighted by molar-refractivity contribution is -0.130. The van der Waals surface area contributed by atoms with Gasteiger partial charge in [0.1, 0.15) is 0 Å². The molecule has 16 heavy (non-hydrogen) atoms. The first-order chi connectivity index (χ1) is 7.59. The van der Waals surface area contributed by atoms with Crippen LogP contribution in [-0.4, -0.2) is 35.4 Å². The molecule has 0 saturated heterocycles. The first kappa shape index (κ1) is 13.1. The van der Waals surface area contributed by atoms with Crippen molar-refractivity contribution in [1.82, 2.24) is 15.2 Å². The predicted octanol–water partition coefficient (Wildman–Crippen LogP) is 1.49. The third-order valence-corrected chi connectivity index (χ3v) is 2.84. The van der Waals surface area contributed by atoms with Gasteiger partial charge in [-0.1, -0.05) is 13.8 Å². The molecule has 1 aromatic rings. The summed E-state index contributed by atoms with van der Waals surface area (Å²) in [7, 11) is 1.82. The highest BCUT2D eigenvalue weighted by molar-refractivity contribution is 7.07. The highest BCUT2D eigenvalue weighted by Gasteiger charge is 2.09. The lowest BCUT2D eigenvalue weighted by Gasteiger charge is -2.16. The van der Waals surface area contributed by atoms with Gasteiger partial charge in [0, 0.05) is 31.4 Å². The van der Waals surface area contributed by atoms with Gasteiger partial charge in [-0.05, 0) is 0 Å². The minimum atomic E-state index is 0.154. The molecule has 0 fully saturated rings. The third-order valence-electron chi connectivity index (χ3n) is 2.20. The fraction of sp³-hybridized carbons (Fsp3) is 0.636. The molecule has 90 valence electrons. The molecular formula is C11H19N3OS.